The van der Waals surface area contributed by atoms with Gasteiger partial charge in [0, 0.05) is 11.6 Å². The van der Waals surface area contributed by atoms with Crippen molar-refractivity contribution in [2.75, 3.05) is 7.11 Å². The third kappa shape index (κ3) is 2.72. The molecule has 5 heteroatoms. The van der Waals surface area contributed by atoms with Gasteiger partial charge in [-0.05, 0) is 69.3 Å². The molecule has 2 aromatic heterocycles. The number of rotatable bonds is 5. The summed E-state index contributed by atoms with van der Waals surface area (Å²) in [6, 6.07) is 3.99. The fraction of sp³-hybridized carbons (Fsp3) is 0.619. The maximum absolute atomic E-state index is 15.4. The normalized spacial score (nSPS) is 30.1. The molecule has 138 valence electrons. The Labute approximate surface area is 153 Å². The van der Waals surface area contributed by atoms with Crippen molar-refractivity contribution >= 4 is 0 Å². The van der Waals surface area contributed by atoms with E-state index in [1.807, 2.05) is 24.7 Å². The SMILES string of the molecule is COc1ccc2c(n1)C(CCC1(F)CCC(C3CC3)CC1)n1cncc1-2. The zero-order valence-electron chi connectivity index (χ0n) is 15.3. The van der Waals surface area contributed by atoms with Crippen LogP contribution in [-0.2, 0) is 0 Å². The topological polar surface area (TPSA) is 39.9 Å². The second-order valence-corrected chi connectivity index (χ2v) is 8.35. The Morgan fingerprint density at radius 1 is 1.19 bits per heavy atom. The van der Waals surface area contributed by atoms with Crippen molar-refractivity contribution in [3.05, 3.63) is 30.4 Å². The summed E-state index contributed by atoms with van der Waals surface area (Å²) in [7, 11) is 1.63. The van der Waals surface area contributed by atoms with Gasteiger partial charge < -0.3 is 9.30 Å². The van der Waals surface area contributed by atoms with Gasteiger partial charge in [0.25, 0.3) is 0 Å². The van der Waals surface area contributed by atoms with Crippen LogP contribution in [0, 0.1) is 11.8 Å². The van der Waals surface area contributed by atoms with Crippen molar-refractivity contribution < 1.29 is 9.13 Å². The van der Waals surface area contributed by atoms with Gasteiger partial charge >= 0.3 is 0 Å². The standard InChI is InChI=1S/C21H26FN3O/c1-26-19-5-4-16-18-12-23-13-25(18)17(20(16)24-19)8-11-21(22)9-6-15(7-10-21)14-2-3-14/h4-5,12-15,17H,2-3,6-11H2,1H3. The third-order valence-electron chi connectivity index (χ3n) is 6.78. The number of alkyl halides is 1. The summed E-state index contributed by atoms with van der Waals surface area (Å²) in [6.45, 7) is 0. The van der Waals surface area contributed by atoms with E-state index in [1.165, 1.54) is 12.8 Å². The fourth-order valence-electron chi connectivity index (χ4n) is 5.05. The van der Waals surface area contributed by atoms with Crippen LogP contribution in [0.4, 0.5) is 4.39 Å². The number of halogens is 1. The number of hydrogen-bond acceptors (Lipinski definition) is 3. The number of nitrogens with zero attached hydrogens (tertiary/aromatic N) is 3. The minimum Gasteiger partial charge on any atom is -0.481 e. The molecule has 0 amide bonds. The molecule has 0 aromatic carbocycles. The van der Waals surface area contributed by atoms with Crippen LogP contribution >= 0.6 is 0 Å². The molecule has 0 spiro atoms. The van der Waals surface area contributed by atoms with Gasteiger partial charge in [-0.15, -0.1) is 0 Å². The van der Waals surface area contributed by atoms with Crippen LogP contribution in [-0.4, -0.2) is 27.3 Å². The van der Waals surface area contributed by atoms with Crippen molar-refractivity contribution in [1.29, 1.82) is 0 Å². The molecule has 0 bridgehead atoms. The summed E-state index contributed by atoms with van der Waals surface area (Å²) in [5.74, 6) is 2.32. The Bertz CT molecular complexity index is 805. The monoisotopic (exact) mass is 355 g/mol. The summed E-state index contributed by atoms with van der Waals surface area (Å²) in [5, 5.41) is 0. The van der Waals surface area contributed by atoms with E-state index < -0.39 is 5.67 Å². The Morgan fingerprint density at radius 2 is 1.96 bits per heavy atom. The van der Waals surface area contributed by atoms with E-state index in [4.69, 9.17) is 4.74 Å². The van der Waals surface area contributed by atoms with E-state index in [1.54, 1.807) is 7.11 Å². The fourth-order valence-corrected chi connectivity index (χ4v) is 5.05. The first kappa shape index (κ1) is 16.3. The summed E-state index contributed by atoms with van der Waals surface area (Å²) >= 11 is 0. The van der Waals surface area contributed by atoms with Crippen LogP contribution < -0.4 is 4.74 Å². The van der Waals surface area contributed by atoms with E-state index in [9.17, 15) is 0 Å². The van der Waals surface area contributed by atoms with E-state index in [0.717, 1.165) is 60.9 Å². The van der Waals surface area contributed by atoms with E-state index >= 15 is 4.39 Å². The second-order valence-electron chi connectivity index (χ2n) is 8.35. The lowest BCUT2D eigenvalue weighted by Gasteiger charge is -2.35. The lowest BCUT2D eigenvalue weighted by atomic mass is 9.75. The Hall–Kier alpha value is -1.91. The molecule has 26 heavy (non-hydrogen) atoms. The molecule has 1 unspecified atom stereocenters. The second kappa shape index (κ2) is 6.07. The van der Waals surface area contributed by atoms with Gasteiger partial charge in [-0.3, -0.25) is 0 Å². The molecule has 2 saturated carbocycles. The number of methoxy groups -OCH3 is 1. The first-order valence-electron chi connectivity index (χ1n) is 9.93. The molecule has 4 nitrogen and oxygen atoms in total. The maximum atomic E-state index is 15.4. The molecule has 0 saturated heterocycles. The van der Waals surface area contributed by atoms with Crippen LogP contribution in [0.2, 0.25) is 0 Å². The summed E-state index contributed by atoms with van der Waals surface area (Å²) < 4.78 is 22.9. The number of imidazole rings is 1. The lowest BCUT2D eigenvalue weighted by molar-refractivity contribution is 0.0643. The lowest BCUT2D eigenvalue weighted by Crippen LogP contribution is -2.31. The minimum absolute atomic E-state index is 0.0615. The van der Waals surface area contributed by atoms with E-state index in [2.05, 4.69) is 14.5 Å². The molecular formula is C21H26FN3O. The third-order valence-corrected chi connectivity index (χ3v) is 6.78. The molecule has 1 atom stereocenters. The molecule has 5 rings (SSSR count). The molecular weight excluding hydrogens is 329 g/mol. The minimum atomic E-state index is -1.01. The number of hydrogen-bond donors (Lipinski definition) is 0. The van der Waals surface area contributed by atoms with E-state index in [-0.39, 0.29) is 6.04 Å². The van der Waals surface area contributed by atoms with Crippen molar-refractivity contribution in [3.8, 4) is 17.1 Å². The zero-order valence-corrected chi connectivity index (χ0v) is 15.3. The average molecular weight is 355 g/mol. The smallest absolute Gasteiger partial charge is 0.213 e. The Balaban J connectivity index is 1.33. The van der Waals surface area contributed by atoms with Crippen LogP contribution in [0.25, 0.3) is 11.3 Å². The van der Waals surface area contributed by atoms with Crippen LogP contribution in [0.3, 0.4) is 0 Å². The first-order valence-corrected chi connectivity index (χ1v) is 9.93. The summed E-state index contributed by atoms with van der Waals surface area (Å²) in [6.07, 6.45) is 11.5. The van der Waals surface area contributed by atoms with Gasteiger partial charge in [-0.1, -0.05) is 0 Å². The van der Waals surface area contributed by atoms with Gasteiger partial charge in [0.15, 0.2) is 0 Å². The number of ether oxygens (including phenoxy) is 1. The maximum Gasteiger partial charge on any atom is 0.213 e. The highest BCUT2D eigenvalue weighted by Gasteiger charge is 2.41. The first-order chi connectivity index (χ1) is 12.7. The number of fused-ring (bicyclic) bond motifs is 3. The van der Waals surface area contributed by atoms with Gasteiger partial charge in [0.1, 0.15) is 5.67 Å². The quantitative estimate of drug-likeness (QED) is 0.762. The molecule has 1 aliphatic heterocycles. The molecule has 0 radical (unpaired) electrons. The molecule has 2 aromatic rings. The van der Waals surface area contributed by atoms with Crippen molar-refractivity contribution in [1.82, 2.24) is 14.5 Å². The number of aromatic nitrogens is 3. The van der Waals surface area contributed by atoms with Crippen LogP contribution in [0.5, 0.6) is 5.88 Å². The van der Waals surface area contributed by atoms with Gasteiger partial charge in [0.05, 0.1) is 37.1 Å². The Morgan fingerprint density at radius 3 is 2.69 bits per heavy atom. The Kier molecular flexibility index (Phi) is 3.80. The van der Waals surface area contributed by atoms with Crippen LogP contribution in [0.1, 0.15) is 63.1 Å². The highest BCUT2D eigenvalue weighted by atomic mass is 19.1. The highest BCUT2D eigenvalue weighted by Crippen LogP contribution is 2.49. The number of pyridine rings is 1. The molecule has 0 N–H and O–H groups in total. The van der Waals surface area contributed by atoms with E-state index in [0.29, 0.717) is 12.3 Å². The highest BCUT2D eigenvalue weighted by molar-refractivity contribution is 5.67. The molecule has 3 aliphatic rings. The van der Waals surface area contributed by atoms with Crippen LogP contribution in [0.15, 0.2) is 24.7 Å². The average Bonchev–Trinajstić information content (AvgIpc) is 3.32. The molecule has 3 heterocycles. The largest absolute Gasteiger partial charge is 0.481 e. The van der Waals surface area contributed by atoms with Gasteiger partial charge in [0.2, 0.25) is 5.88 Å². The van der Waals surface area contributed by atoms with Crippen molar-refractivity contribution in [2.45, 2.75) is 63.1 Å². The summed E-state index contributed by atoms with van der Waals surface area (Å²) in [4.78, 5) is 8.97. The van der Waals surface area contributed by atoms with Gasteiger partial charge in [-0.2, -0.15) is 0 Å². The predicted molar refractivity (Wildman–Crippen MR) is 97.9 cm³/mol. The van der Waals surface area contributed by atoms with Crippen molar-refractivity contribution in [2.24, 2.45) is 11.8 Å². The molecule has 2 aliphatic carbocycles. The summed E-state index contributed by atoms with van der Waals surface area (Å²) in [5.41, 5.74) is 2.16. The van der Waals surface area contributed by atoms with Crippen molar-refractivity contribution in [3.63, 3.8) is 0 Å². The predicted octanol–water partition coefficient (Wildman–Crippen LogP) is 4.95. The zero-order chi connectivity index (χ0) is 17.7. The molecule has 2 fully saturated rings. The van der Waals surface area contributed by atoms with Gasteiger partial charge in [-0.25, -0.2) is 14.4 Å².